The van der Waals surface area contributed by atoms with Gasteiger partial charge in [0.05, 0.1) is 13.7 Å². The summed E-state index contributed by atoms with van der Waals surface area (Å²) in [7, 11) is 1.59. The molecule has 0 radical (unpaired) electrons. The van der Waals surface area contributed by atoms with Crippen LogP contribution in [0, 0.1) is 0 Å². The Morgan fingerprint density at radius 1 is 1.25 bits per heavy atom. The van der Waals surface area contributed by atoms with Crippen LogP contribution in [0.5, 0.6) is 5.75 Å². The minimum absolute atomic E-state index is 0.0348. The maximum atomic E-state index is 12.5. The third-order valence-corrected chi connectivity index (χ3v) is 3.89. The summed E-state index contributed by atoms with van der Waals surface area (Å²) in [5.41, 5.74) is -0.415. The molecule has 1 aromatic carbocycles. The molecule has 0 aromatic heterocycles. The molecule has 4 heteroatoms. The highest BCUT2D eigenvalue weighted by atomic mass is 16.5. The van der Waals surface area contributed by atoms with Gasteiger partial charge in [0.1, 0.15) is 5.75 Å². The van der Waals surface area contributed by atoms with Crippen LogP contribution in [0.4, 0.5) is 0 Å². The summed E-state index contributed by atoms with van der Waals surface area (Å²) >= 11 is 0. The number of benzene rings is 1. The van der Waals surface area contributed by atoms with E-state index in [1.807, 2.05) is 0 Å². The van der Waals surface area contributed by atoms with Crippen LogP contribution in [0.2, 0.25) is 0 Å². The van der Waals surface area contributed by atoms with E-state index in [1.165, 1.54) is 0 Å². The van der Waals surface area contributed by atoms with Crippen LogP contribution in [-0.2, 0) is 19.7 Å². The van der Waals surface area contributed by atoms with E-state index in [9.17, 15) is 9.59 Å². The zero-order chi connectivity index (χ0) is 14.6. The highest BCUT2D eigenvalue weighted by Crippen LogP contribution is 2.38. The average Bonchev–Trinajstić information content (AvgIpc) is 2.48. The number of rotatable bonds is 4. The van der Waals surface area contributed by atoms with Gasteiger partial charge >= 0.3 is 5.97 Å². The molecule has 108 valence electrons. The topological polar surface area (TPSA) is 52.6 Å². The number of hydrogen-bond donors (Lipinski definition) is 0. The van der Waals surface area contributed by atoms with Crippen molar-refractivity contribution in [2.45, 2.75) is 38.0 Å². The van der Waals surface area contributed by atoms with Gasteiger partial charge < -0.3 is 9.47 Å². The van der Waals surface area contributed by atoms with Crippen molar-refractivity contribution in [2.24, 2.45) is 0 Å². The summed E-state index contributed by atoms with van der Waals surface area (Å²) in [6.07, 6.45) is 2.66. The monoisotopic (exact) mass is 276 g/mol. The third kappa shape index (κ3) is 2.42. The highest BCUT2D eigenvalue weighted by Gasteiger charge is 2.49. The lowest BCUT2D eigenvalue weighted by Crippen LogP contribution is -2.47. The Hall–Kier alpha value is -1.84. The molecule has 0 amide bonds. The van der Waals surface area contributed by atoms with E-state index in [-0.39, 0.29) is 12.4 Å². The molecular formula is C16H20O4. The first kappa shape index (κ1) is 14.6. The first-order valence-electron chi connectivity index (χ1n) is 7.00. The Labute approximate surface area is 119 Å². The van der Waals surface area contributed by atoms with Gasteiger partial charge in [0.15, 0.2) is 11.2 Å². The molecule has 0 unspecified atom stereocenters. The number of ketones is 1. The van der Waals surface area contributed by atoms with Crippen molar-refractivity contribution < 1.29 is 19.1 Å². The van der Waals surface area contributed by atoms with Crippen molar-refractivity contribution in [1.29, 1.82) is 0 Å². The van der Waals surface area contributed by atoms with Crippen LogP contribution >= 0.6 is 0 Å². The van der Waals surface area contributed by atoms with Crippen molar-refractivity contribution in [3.8, 4) is 5.75 Å². The first-order valence-corrected chi connectivity index (χ1v) is 7.00. The lowest BCUT2D eigenvalue weighted by Gasteiger charge is -2.33. The summed E-state index contributed by atoms with van der Waals surface area (Å²) < 4.78 is 10.3. The van der Waals surface area contributed by atoms with E-state index in [0.717, 1.165) is 12.8 Å². The minimum atomic E-state index is -1.12. The molecule has 0 saturated heterocycles. The van der Waals surface area contributed by atoms with Gasteiger partial charge in [-0.15, -0.1) is 0 Å². The molecule has 1 saturated carbocycles. The van der Waals surface area contributed by atoms with Crippen LogP contribution in [0.15, 0.2) is 24.3 Å². The third-order valence-electron chi connectivity index (χ3n) is 3.89. The number of hydrogen-bond acceptors (Lipinski definition) is 4. The van der Waals surface area contributed by atoms with Crippen molar-refractivity contribution in [3.05, 3.63) is 29.8 Å². The Bertz CT molecular complexity index is 492. The number of carbonyl (C=O) groups excluding carboxylic acids is 2. The number of Topliss-reactive ketones (excluding diaryl/α,β-unsaturated/α-hetero) is 1. The van der Waals surface area contributed by atoms with Crippen LogP contribution < -0.4 is 4.74 Å². The van der Waals surface area contributed by atoms with Gasteiger partial charge in [-0.05, 0) is 37.5 Å². The molecule has 1 aromatic rings. The second-order valence-corrected chi connectivity index (χ2v) is 4.98. The van der Waals surface area contributed by atoms with Crippen molar-refractivity contribution in [3.63, 3.8) is 0 Å². The summed E-state index contributed by atoms with van der Waals surface area (Å²) in [5.74, 6) is 0.248. The molecule has 20 heavy (non-hydrogen) atoms. The zero-order valence-corrected chi connectivity index (χ0v) is 12.0. The van der Waals surface area contributed by atoms with Crippen LogP contribution in [-0.4, -0.2) is 25.5 Å². The average molecular weight is 276 g/mol. The van der Waals surface area contributed by atoms with Crippen LogP contribution in [0.25, 0.3) is 0 Å². The molecule has 0 aliphatic heterocycles. The van der Waals surface area contributed by atoms with E-state index in [2.05, 4.69) is 0 Å². The quantitative estimate of drug-likeness (QED) is 0.626. The summed E-state index contributed by atoms with van der Waals surface area (Å²) in [6.45, 7) is 2.04. The van der Waals surface area contributed by atoms with Crippen LogP contribution in [0.1, 0.15) is 38.2 Å². The predicted octanol–water partition coefficient (Wildman–Crippen LogP) is 2.64. The molecule has 0 spiro atoms. The minimum Gasteiger partial charge on any atom is -0.497 e. The standard InChI is InChI=1S/C16H20O4/c1-3-20-15(18)16(11-5-4-6-14(16)17)12-7-9-13(19-2)10-8-12/h7-10H,3-6,11H2,1-2H3/t16-/m1/s1. The van der Waals surface area contributed by atoms with Crippen LogP contribution in [0.3, 0.4) is 0 Å². The fourth-order valence-electron chi connectivity index (χ4n) is 2.80. The molecule has 0 heterocycles. The number of esters is 1. The molecule has 1 atom stereocenters. The molecule has 1 fully saturated rings. The fraction of sp³-hybridized carbons (Fsp3) is 0.500. The summed E-state index contributed by atoms with van der Waals surface area (Å²) in [4.78, 5) is 24.9. The van der Waals surface area contributed by atoms with Gasteiger partial charge in [-0.3, -0.25) is 9.59 Å². The van der Waals surface area contributed by atoms with Crippen molar-refractivity contribution in [1.82, 2.24) is 0 Å². The molecule has 0 bridgehead atoms. The molecule has 2 rings (SSSR count). The SMILES string of the molecule is CCOC(=O)[C@@]1(c2ccc(OC)cc2)CCCCC1=O. The molecule has 1 aliphatic carbocycles. The summed E-state index contributed by atoms with van der Waals surface area (Å²) in [6, 6.07) is 7.13. The molecule has 1 aliphatic rings. The first-order chi connectivity index (χ1) is 9.65. The number of carbonyl (C=O) groups is 2. The van der Waals surface area contributed by atoms with Gasteiger partial charge in [-0.25, -0.2) is 0 Å². The van der Waals surface area contributed by atoms with Gasteiger partial charge in [0.2, 0.25) is 0 Å². The lowest BCUT2D eigenvalue weighted by atomic mass is 9.68. The van der Waals surface area contributed by atoms with Gasteiger partial charge in [-0.1, -0.05) is 18.6 Å². The smallest absolute Gasteiger partial charge is 0.324 e. The molecule has 0 N–H and O–H groups in total. The van der Waals surface area contributed by atoms with Crippen molar-refractivity contribution >= 4 is 11.8 Å². The van der Waals surface area contributed by atoms with Gasteiger partial charge in [0, 0.05) is 6.42 Å². The number of methoxy groups -OCH3 is 1. The highest BCUT2D eigenvalue weighted by molar-refractivity contribution is 6.10. The number of ether oxygens (including phenoxy) is 2. The fourth-order valence-corrected chi connectivity index (χ4v) is 2.80. The van der Waals surface area contributed by atoms with E-state index >= 15 is 0 Å². The lowest BCUT2D eigenvalue weighted by molar-refractivity contribution is -0.155. The van der Waals surface area contributed by atoms with E-state index in [4.69, 9.17) is 9.47 Å². The van der Waals surface area contributed by atoms with E-state index < -0.39 is 11.4 Å². The Morgan fingerprint density at radius 2 is 1.95 bits per heavy atom. The maximum Gasteiger partial charge on any atom is 0.324 e. The molecular weight excluding hydrogens is 256 g/mol. The van der Waals surface area contributed by atoms with E-state index in [0.29, 0.717) is 24.2 Å². The van der Waals surface area contributed by atoms with E-state index in [1.54, 1.807) is 38.3 Å². The second kappa shape index (κ2) is 6.07. The Kier molecular flexibility index (Phi) is 4.42. The predicted molar refractivity (Wildman–Crippen MR) is 74.8 cm³/mol. The largest absolute Gasteiger partial charge is 0.497 e. The zero-order valence-electron chi connectivity index (χ0n) is 12.0. The normalized spacial score (nSPS) is 22.4. The van der Waals surface area contributed by atoms with Gasteiger partial charge in [0.25, 0.3) is 0 Å². The van der Waals surface area contributed by atoms with Gasteiger partial charge in [-0.2, -0.15) is 0 Å². The van der Waals surface area contributed by atoms with Crippen molar-refractivity contribution in [2.75, 3.05) is 13.7 Å². The second-order valence-electron chi connectivity index (χ2n) is 4.98. The maximum absolute atomic E-state index is 12.5. The summed E-state index contributed by atoms with van der Waals surface area (Å²) in [5, 5.41) is 0. The Morgan fingerprint density at radius 3 is 2.50 bits per heavy atom. The Balaban J connectivity index is 2.44. The molecule has 4 nitrogen and oxygen atoms in total.